The van der Waals surface area contributed by atoms with Gasteiger partial charge in [0.25, 0.3) is 0 Å². The van der Waals surface area contributed by atoms with E-state index in [-0.39, 0.29) is 6.09 Å². The maximum atomic E-state index is 11.8. The molecule has 4 nitrogen and oxygen atoms in total. The Balaban J connectivity index is 2.39. The van der Waals surface area contributed by atoms with Crippen LogP contribution in [0.1, 0.15) is 40.5 Å². The van der Waals surface area contributed by atoms with Gasteiger partial charge in [0, 0.05) is 13.1 Å². The first-order chi connectivity index (χ1) is 7.83. The first kappa shape index (κ1) is 14.3. The molecule has 17 heavy (non-hydrogen) atoms. The number of nitrogens with zero attached hydrogens (tertiary/aromatic N) is 2. The summed E-state index contributed by atoms with van der Waals surface area (Å²) in [4.78, 5) is 15.7. The summed E-state index contributed by atoms with van der Waals surface area (Å²) in [5.74, 6) is 0. The van der Waals surface area contributed by atoms with Crippen molar-refractivity contribution in [1.29, 1.82) is 0 Å². The maximum Gasteiger partial charge on any atom is 0.410 e. The summed E-state index contributed by atoms with van der Waals surface area (Å²) >= 11 is 0. The molecule has 0 aliphatic carbocycles. The smallest absolute Gasteiger partial charge is 0.410 e. The fourth-order valence-electron chi connectivity index (χ4n) is 2.00. The zero-order valence-electron chi connectivity index (χ0n) is 11.5. The second kappa shape index (κ2) is 5.71. The Kier molecular flexibility index (Phi) is 4.80. The number of carbonyl (C=O) groups excluding carboxylic acids is 1. The van der Waals surface area contributed by atoms with Crippen LogP contribution in [0.15, 0.2) is 0 Å². The lowest BCUT2D eigenvalue weighted by atomic mass is 10.0. The highest BCUT2D eigenvalue weighted by atomic mass is 16.6. The molecular formula is C13H25N2O2-. The van der Waals surface area contributed by atoms with E-state index in [1.165, 1.54) is 0 Å². The molecule has 0 aromatic carbocycles. The van der Waals surface area contributed by atoms with Crippen LogP contribution in [-0.2, 0) is 4.74 Å². The van der Waals surface area contributed by atoms with Crippen molar-refractivity contribution >= 4 is 6.09 Å². The molecule has 1 heterocycles. The number of carbonyl (C=O) groups is 1. The second-order valence-electron chi connectivity index (χ2n) is 5.60. The molecule has 1 aliphatic heterocycles. The monoisotopic (exact) mass is 241 g/mol. The van der Waals surface area contributed by atoms with Crippen LogP contribution in [0.25, 0.3) is 0 Å². The number of rotatable bonds is 2. The molecular weight excluding hydrogens is 216 g/mol. The zero-order chi connectivity index (χ0) is 13.1. The molecule has 0 atom stereocenters. The minimum Gasteiger partial charge on any atom is -0.457 e. The highest BCUT2D eigenvalue weighted by Crippen LogP contribution is 2.18. The van der Waals surface area contributed by atoms with E-state index in [0.717, 1.165) is 32.5 Å². The van der Waals surface area contributed by atoms with E-state index in [1.54, 1.807) is 4.90 Å². The fraction of sp³-hybridized carbons (Fsp3) is 0.846. The van der Waals surface area contributed by atoms with Gasteiger partial charge >= 0.3 is 6.09 Å². The topological polar surface area (TPSA) is 32.8 Å². The number of hydrogen-bond donors (Lipinski definition) is 0. The molecule has 4 heteroatoms. The van der Waals surface area contributed by atoms with Gasteiger partial charge in [-0.1, -0.05) is 6.92 Å². The first-order valence-corrected chi connectivity index (χ1v) is 6.38. The van der Waals surface area contributed by atoms with Crippen LogP contribution in [0.4, 0.5) is 4.79 Å². The van der Waals surface area contributed by atoms with Crippen LogP contribution in [0, 0.1) is 7.05 Å². The molecule has 1 rings (SSSR count). The number of ether oxygens (including phenoxy) is 1. The third kappa shape index (κ3) is 4.54. The van der Waals surface area contributed by atoms with Gasteiger partial charge in [-0.15, -0.1) is 0 Å². The van der Waals surface area contributed by atoms with Crippen molar-refractivity contribution in [3.63, 3.8) is 0 Å². The Hall–Kier alpha value is -0.770. The van der Waals surface area contributed by atoms with Crippen molar-refractivity contribution in [2.75, 3.05) is 19.6 Å². The predicted octanol–water partition coefficient (Wildman–Crippen LogP) is 2.50. The standard InChI is InChI=1S/C13H25N2O2/c1-6-14(5)11-7-9-15(10-8-11)12(16)17-13(2,3)4/h11H,5-10H2,1-4H3/q-1. The highest BCUT2D eigenvalue weighted by molar-refractivity contribution is 5.68. The Morgan fingerprint density at radius 1 is 1.41 bits per heavy atom. The van der Waals surface area contributed by atoms with Gasteiger partial charge < -0.3 is 14.5 Å². The van der Waals surface area contributed by atoms with E-state index in [2.05, 4.69) is 18.9 Å². The van der Waals surface area contributed by atoms with Crippen molar-refractivity contribution in [3.8, 4) is 0 Å². The predicted molar refractivity (Wildman–Crippen MR) is 68.6 cm³/mol. The Bertz CT molecular complexity index is 253. The van der Waals surface area contributed by atoms with E-state index in [0.29, 0.717) is 6.04 Å². The summed E-state index contributed by atoms with van der Waals surface area (Å²) in [6.45, 7) is 10.3. The van der Waals surface area contributed by atoms with Gasteiger partial charge in [0.15, 0.2) is 0 Å². The van der Waals surface area contributed by atoms with Gasteiger partial charge in [0.05, 0.1) is 0 Å². The summed E-state index contributed by atoms with van der Waals surface area (Å²) in [6, 6.07) is 0.499. The lowest BCUT2D eigenvalue weighted by Gasteiger charge is -2.40. The second-order valence-corrected chi connectivity index (χ2v) is 5.60. The van der Waals surface area contributed by atoms with E-state index < -0.39 is 5.60 Å². The van der Waals surface area contributed by atoms with Gasteiger partial charge in [0.1, 0.15) is 5.60 Å². The summed E-state index contributed by atoms with van der Waals surface area (Å²) in [5, 5.41) is 0. The Morgan fingerprint density at radius 2 is 1.94 bits per heavy atom. The number of hydrogen-bond acceptors (Lipinski definition) is 3. The van der Waals surface area contributed by atoms with Gasteiger partial charge in [-0.25, -0.2) is 4.79 Å². The molecule has 0 radical (unpaired) electrons. The van der Waals surface area contributed by atoms with E-state index in [9.17, 15) is 4.79 Å². The lowest BCUT2D eigenvalue weighted by Crippen LogP contribution is -2.46. The maximum absolute atomic E-state index is 11.8. The molecule has 100 valence electrons. The molecule has 0 unspecified atom stereocenters. The van der Waals surface area contributed by atoms with Crippen molar-refractivity contribution in [2.24, 2.45) is 0 Å². The Labute approximate surface area is 105 Å². The third-order valence-corrected chi connectivity index (χ3v) is 3.04. The SMILES string of the molecule is [CH2-]N(CC)C1CCN(C(=O)OC(C)(C)C)CC1. The van der Waals surface area contributed by atoms with E-state index in [4.69, 9.17) is 4.74 Å². The first-order valence-electron chi connectivity index (χ1n) is 6.38. The molecule has 0 aromatic heterocycles. The average molecular weight is 241 g/mol. The van der Waals surface area contributed by atoms with Crippen LogP contribution in [-0.4, -0.2) is 47.2 Å². The third-order valence-electron chi connectivity index (χ3n) is 3.04. The van der Waals surface area contributed by atoms with Crippen LogP contribution >= 0.6 is 0 Å². The molecule has 1 saturated heterocycles. The fourth-order valence-corrected chi connectivity index (χ4v) is 2.00. The van der Waals surface area contributed by atoms with E-state index >= 15 is 0 Å². The molecule has 1 amide bonds. The molecule has 0 bridgehead atoms. The zero-order valence-corrected chi connectivity index (χ0v) is 11.5. The minimum atomic E-state index is -0.407. The molecule has 0 spiro atoms. The molecule has 0 saturated carbocycles. The summed E-state index contributed by atoms with van der Waals surface area (Å²) in [6.07, 6.45) is 1.77. The average Bonchev–Trinajstić information content (AvgIpc) is 2.26. The number of amides is 1. The summed E-state index contributed by atoms with van der Waals surface area (Å²) < 4.78 is 5.36. The summed E-state index contributed by atoms with van der Waals surface area (Å²) in [5.41, 5.74) is -0.407. The quantitative estimate of drug-likeness (QED) is 0.696. The van der Waals surface area contributed by atoms with Crippen molar-refractivity contribution in [1.82, 2.24) is 9.80 Å². The molecule has 0 aromatic rings. The lowest BCUT2D eigenvalue weighted by molar-refractivity contribution is 0.0166. The molecule has 1 aliphatic rings. The van der Waals surface area contributed by atoms with Gasteiger partial charge in [-0.2, -0.15) is 0 Å². The highest BCUT2D eigenvalue weighted by Gasteiger charge is 2.26. The van der Waals surface area contributed by atoms with Crippen LogP contribution < -0.4 is 0 Å². The van der Waals surface area contributed by atoms with Crippen LogP contribution in [0.3, 0.4) is 0 Å². The summed E-state index contributed by atoms with van der Waals surface area (Å²) in [7, 11) is 4.01. The normalized spacial score (nSPS) is 18.6. The van der Waals surface area contributed by atoms with Gasteiger partial charge in [0.2, 0.25) is 0 Å². The molecule has 1 fully saturated rings. The minimum absolute atomic E-state index is 0.192. The van der Waals surface area contributed by atoms with Crippen molar-refractivity contribution in [3.05, 3.63) is 7.05 Å². The van der Waals surface area contributed by atoms with Gasteiger partial charge in [-0.05, 0) is 46.2 Å². The number of piperidine rings is 1. The Morgan fingerprint density at radius 3 is 2.35 bits per heavy atom. The van der Waals surface area contributed by atoms with E-state index in [1.807, 2.05) is 20.8 Å². The van der Waals surface area contributed by atoms with Crippen LogP contribution in [0.5, 0.6) is 0 Å². The van der Waals surface area contributed by atoms with Gasteiger partial charge in [-0.3, -0.25) is 7.05 Å². The largest absolute Gasteiger partial charge is 0.457 e. The van der Waals surface area contributed by atoms with Crippen LogP contribution in [0.2, 0.25) is 0 Å². The van der Waals surface area contributed by atoms with Crippen molar-refractivity contribution < 1.29 is 9.53 Å². The number of likely N-dealkylation sites (tertiary alicyclic amines) is 1. The van der Waals surface area contributed by atoms with Crippen molar-refractivity contribution in [2.45, 2.75) is 52.2 Å². The molecule has 0 N–H and O–H groups in total.